The summed E-state index contributed by atoms with van der Waals surface area (Å²) in [4.78, 5) is 13.2. The fourth-order valence-corrected chi connectivity index (χ4v) is 23.4. The van der Waals surface area contributed by atoms with Gasteiger partial charge in [-0.2, -0.15) is 0 Å². The number of sulfone groups is 1. The van der Waals surface area contributed by atoms with Gasteiger partial charge in [0, 0.05) is 18.9 Å². The zero-order valence-electron chi connectivity index (χ0n) is 73.6. The van der Waals surface area contributed by atoms with E-state index >= 15 is 8.42 Å². The number of benzene rings is 1. The summed E-state index contributed by atoms with van der Waals surface area (Å²) in [6, 6.07) is 12.0. The molecule has 2 heterocycles. The smallest absolute Gasteiger partial charge is 0.311 e. The van der Waals surface area contributed by atoms with E-state index in [1.165, 1.54) is 0 Å². The molecule has 0 amide bonds. The second-order valence-electron chi connectivity index (χ2n) is 38.8. The van der Waals surface area contributed by atoms with Gasteiger partial charge in [0.05, 0.1) is 77.1 Å². The molecule has 0 saturated carbocycles. The summed E-state index contributed by atoms with van der Waals surface area (Å²) in [7, 11) is -16.0. The van der Waals surface area contributed by atoms with Crippen molar-refractivity contribution in [3.8, 4) is 0 Å². The minimum absolute atomic E-state index is 0.0441. The van der Waals surface area contributed by atoms with Gasteiger partial charge in [0.1, 0.15) is 6.10 Å². The number of allylic oxidation sites excluding steroid dienone is 2. The largest absolute Gasteiger partial charge is 0.465 e. The lowest BCUT2D eigenvalue weighted by Crippen LogP contribution is -2.55. The molecule has 3 rings (SSSR count). The number of ether oxygens (including phenoxy) is 5. The van der Waals surface area contributed by atoms with Gasteiger partial charge >= 0.3 is 5.97 Å². The monoisotopic (exact) mass is 1570 g/mol. The van der Waals surface area contributed by atoms with E-state index < -0.39 is 98.7 Å². The van der Waals surface area contributed by atoms with Crippen molar-refractivity contribution in [1.82, 2.24) is 0 Å². The predicted octanol–water partition coefficient (Wildman–Crippen LogP) is 24.1. The van der Waals surface area contributed by atoms with Gasteiger partial charge in [-0.15, -0.1) is 0 Å². The van der Waals surface area contributed by atoms with Crippen molar-refractivity contribution >= 4 is 57.4 Å². The Kier molecular flexibility index (Phi) is 37.2. The van der Waals surface area contributed by atoms with Gasteiger partial charge in [-0.1, -0.05) is 199 Å². The van der Waals surface area contributed by atoms with Gasteiger partial charge < -0.3 is 45.8 Å². The molecular formula is C86H160O13SSi5. The van der Waals surface area contributed by atoms with E-state index in [1.807, 2.05) is 52.8 Å². The van der Waals surface area contributed by atoms with Crippen molar-refractivity contribution < 1.29 is 59.0 Å². The van der Waals surface area contributed by atoms with Crippen molar-refractivity contribution in [1.29, 1.82) is 0 Å². The molecule has 0 radical (unpaired) electrons. The van der Waals surface area contributed by atoms with Crippen LogP contribution in [0, 0.1) is 23.2 Å². The molecule has 2 aliphatic heterocycles. The first kappa shape index (κ1) is 97.3. The third-order valence-electron chi connectivity index (χ3n) is 25.1. The summed E-state index contributed by atoms with van der Waals surface area (Å²) < 4.78 is 103. The van der Waals surface area contributed by atoms with Crippen LogP contribution >= 0.6 is 0 Å². The van der Waals surface area contributed by atoms with E-state index in [4.69, 9.17) is 52.4 Å². The van der Waals surface area contributed by atoms with Crippen molar-refractivity contribution in [3.05, 3.63) is 90.1 Å². The van der Waals surface area contributed by atoms with Crippen LogP contribution < -0.4 is 0 Å². The molecule has 19 heteroatoms. The number of carbonyl (C=O) groups excluding carboxylic acids is 1. The minimum atomic E-state index is -4.02. The van der Waals surface area contributed by atoms with Crippen LogP contribution in [0.2, 0.25) is 90.7 Å². The van der Waals surface area contributed by atoms with Crippen LogP contribution in [-0.2, 0) is 60.4 Å². The van der Waals surface area contributed by atoms with Crippen LogP contribution in [0.4, 0.5) is 0 Å². The Balaban J connectivity index is 2.28. The Morgan fingerprint density at radius 3 is 1.72 bits per heavy atom. The zero-order valence-corrected chi connectivity index (χ0v) is 79.4. The molecule has 2 unspecified atom stereocenters. The lowest BCUT2D eigenvalue weighted by Gasteiger charge is -2.47. The van der Waals surface area contributed by atoms with E-state index in [9.17, 15) is 4.79 Å². The van der Waals surface area contributed by atoms with Gasteiger partial charge in [-0.25, -0.2) is 8.42 Å². The molecule has 2 aliphatic rings. The highest BCUT2D eigenvalue weighted by Crippen LogP contribution is 2.47. The topological polar surface area (TPSA) is 144 Å². The van der Waals surface area contributed by atoms with Crippen molar-refractivity contribution in [2.24, 2.45) is 23.2 Å². The molecule has 0 aromatic heterocycles. The summed E-state index contributed by atoms with van der Waals surface area (Å²) in [5.74, 6) is -0.755. The highest BCUT2D eigenvalue weighted by Gasteiger charge is 2.52. The van der Waals surface area contributed by atoms with Crippen LogP contribution in [0.15, 0.2) is 95.0 Å². The maximum Gasteiger partial charge on any atom is 0.311 e. The predicted molar refractivity (Wildman–Crippen MR) is 456 cm³/mol. The minimum Gasteiger partial charge on any atom is -0.465 e. The van der Waals surface area contributed by atoms with Gasteiger partial charge in [0.25, 0.3) is 0 Å². The molecule has 13 nitrogen and oxygen atoms in total. The first-order valence-electron chi connectivity index (χ1n) is 40.7. The maximum absolute atomic E-state index is 16.0. The van der Waals surface area contributed by atoms with Gasteiger partial charge in [0.2, 0.25) is 0 Å². The molecule has 2 fully saturated rings. The number of carbonyl (C=O) groups is 1. The Morgan fingerprint density at radius 1 is 0.676 bits per heavy atom. The SMILES string of the molecule is C=C(/C=C(\C)[C@@H](C)[C@H](CC([C@@H](C)C[C@@H](C[C@H]1CC[C@H]([C@@H](/C=C/C=C(\C)[C@@H](O[Si](C)(C)C(C)(C)C)C(=C)CCCC)O[Si](CC)(CC)CC)O1)OC(C)OCC)S(=O)(=O)c1ccccc1)O[Si](C)(C)C(C)(C)C)[C@@H](O[Si](C)(C)C(C)(C)C)[C@@H](O[Si](C)(C)C(C)(C)C)[C@H]1C[C@@H](C)[C@H](CCOC(=O)C(C)(C)C)O1. The van der Waals surface area contributed by atoms with E-state index in [2.05, 4.69) is 229 Å². The average Bonchev–Trinajstić information content (AvgIpc) is 1.75. The highest BCUT2D eigenvalue weighted by atomic mass is 32.2. The van der Waals surface area contributed by atoms with Crippen LogP contribution in [-0.4, -0.2) is 142 Å². The van der Waals surface area contributed by atoms with Gasteiger partial charge in [-0.05, 0) is 231 Å². The lowest BCUT2D eigenvalue weighted by molar-refractivity contribution is -0.169. The third-order valence-corrected chi connectivity index (χ3v) is 50.0. The Hall–Kier alpha value is -1.94. The van der Waals surface area contributed by atoms with Gasteiger partial charge in [-0.3, -0.25) is 4.79 Å². The van der Waals surface area contributed by atoms with Crippen LogP contribution in [0.1, 0.15) is 244 Å². The molecule has 0 spiro atoms. The van der Waals surface area contributed by atoms with Crippen LogP contribution in [0.25, 0.3) is 0 Å². The molecule has 1 aromatic carbocycles. The molecule has 0 bridgehead atoms. The van der Waals surface area contributed by atoms with Crippen LogP contribution in [0.3, 0.4) is 0 Å². The fourth-order valence-electron chi connectivity index (χ4n) is 13.3. The number of unbranched alkanes of at least 4 members (excludes halogenated alkanes) is 1. The number of esters is 1. The summed E-state index contributed by atoms with van der Waals surface area (Å²) in [6.07, 6.45) is 12.2. The maximum atomic E-state index is 16.0. The van der Waals surface area contributed by atoms with Crippen molar-refractivity contribution in [3.63, 3.8) is 0 Å². The Morgan fingerprint density at radius 2 is 1.21 bits per heavy atom. The normalized spacial score (nSPS) is 22.1. The number of rotatable bonds is 43. The second-order valence-corrected chi connectivity index (χ2v) is 64.7. The summed E-state index contributed by atoms with van der Waals surface area (Å²) in [6.45, 7) is 85.4. The average molecular weight is 1570 g/mol. The van der Waals surface area contributed by atoms with Crippen LogP contribution in [0.5, 0.6) is 0 Å². The molecule has 105 heavy (non-hydrogen) atoms. The second kappa shape index (κ2) is 40.2. The number of hydrogen-bond donors (Lipinski definition) is 0. The fraction of sp³-hybridized carbons (Fsp3) is 0.802. The number of hydrogen-bond acceptors (Lipinski definition) is 13. The molecule has 0 N–H and O–H groups in total. The molecule has 2 saturated heterocycles. The standard InChI is InChI=1S/C86H160O13SSi5/c1-37-42-47-61(6)78(97-102(31,32)84(20,21)22)62(7)48-46-51-74(96-105(39-3,40-4)41-5)73-53-52-69(93-73)59-70(92-68(13)90-38-2)57-65(10)77(100(88,89)71-49-44-43-45-50-71)60-75(95-101(29,30)83(17,18)19)67(12)63(8)56-66(11)79(98-103(33,34)85(23,24)25)80(99-104(35,36)86(26,27)28)76-58-64(9)72(94-76)54-55-91-81(87)82(14,15)16/h43-46,48-51,56,64-65,67-70,72-80H,6,11,37-42,47,52-55,57-60H2,1-5,7-10,12-36H3/b51-46+,62-48+,63-56+/t64-,65+,67-,68?,69-,70+,72+,73-,74-,75+,76-,77?,78+,79-,80+/m1/s1. The van der Waals surface area contributed by atoms with E-state index in [0.29, 0.717) is 25.9 Å². The first-order valence-corrected chi connectivity index (χ1v) is 56.5. The summed E-state index contributed by atoms with van der Waals surface area (Å²) in [5, 5.41) is -1.34. The Bertz CT molecular complexity index is 3040. The molecule has 1 aromatic rings. The summed E-state index contributed by atoms with van der Waals surface area (Å²) in [5.41, 5.74) is 3.45. The first-order chi connectivity index (χ1) is 47.9. The zero-order chi connectivity index (χ0) is 80.7. The van der Waals surface area contributed by atoms with E-state index in [1.54, 1.807) is 12.1 Å². The quantitative estimate of drug-likeness (QED) is 0.0201. The van der Waals surface area contributed by atoms with Crippen molar-refractivity contribution in [2.75, 3.05) is 13.2 Å². The highest BCUT2D eigenvalue weighted by molar-refractivity contribution is 7.92. The summed E-state index contributed by atoms with van der Waals surface area (Å²) >= 11 is 0. The molecule has 608 valence electrons. The molecular weight excluding hydrogens is 1410 g/mol. The third kappa shape index (κ3) is 28.3. The molecule has 15 atom stereocenters. The van der Waals surface area contributed by atoms with E-state index in [-0.39, 0.29) is 92.5 Å². The lowest BCUT2D eigenvalue weighted by atomic mass is 9.87. The van der Waals surface area contributed by atoms with Crippen molar-refractivity contribution in [2.45, 2.75) is 412 Å². The Labute approximate surface area is 651 Å². The molecule has 0 aliphatic carbocycles. The van der Waals surface area contributed by atoms with Gasteiger partial charge in [0.15, 0.2) is 57.7 Å². The van der Waals surface area contributed by atoms with E-state index in [0.717, 1.165) is 78.9 Å².